The maximum absolute atomic E-state index is 5.52. The molecule has 17 heavy (non-hydrogen) atoms. The SMILES string of the molecule is C=c1cn[nH]/c1=C/C(=C\C)c1ncnc(N)n1. The standard InChI is InChI=1S/C11H12N6/c1-3-8(4-9-7(2)5-15-17-9)10-13-6-14-11(12)16-10/h3-6,17H,2H2,1H3,(H2,12,13,14,16)/b8-3+,9-4+. The number of anilines is 1. The Morgan fingerprint density at radius 3 is 2.88 bits per heavy atom. The quantitative estimate of drug-likeness (QED) is 0.720. The largest absolute Gasteiger partial charge is 0.368 e. The number of nitrogens with one attached hydrogen (secondary N) is 1. The number of H-pyrrole nitrogens is 1. The van der Waals surface area contributed by atoms with E-state index >= 15 is 0 Å². The van der Waals surface area contributed by atoms with Gasteiger partial charge in [-0.15, -0.1) is 0 Å². The van der Waals surface area contributed by atoms with Crippen molar-refractivity contribution in [3.05, 3.63) is 35.0 Å². The van der Waals surface area contributed by atoms with Crippen LogP contribution in [0, 0.1) is 0 Å². The Bertz CT molecular complexity index is 655. The van der Waals surface area contributed by atoms with Crippen LogP contribution in [0.2, 0.25) is 0 Å². The first-order chi connectivity index (χ1) is 8.20. The number of aromatic nitrogens is 5. The summed E-state index contributed by atoms with van der Waals surface area (Å²) in [5, 5.41) is 8.37. The molecule has 3 N–H and O–H groups in total. The van der Waals surface area contributed by atoms with Gasteiger partial charge >= 0.3 is 0 Å². The van der Waals surface area contributed by atoms with Crippen molar-refractivity contribution in [2.75, 3.05) is 5.73 Å². The Morgan fingerprint density at radius 1 is 1.47 bits per heavy atom. The maximum atomic E-state index is 5.52. The molecule has 2 rings (SSSR count). The van der Waals surface area contributed by atoms with Crippen LogP contribution in [-0.2, 0) is 0 Å². The number of nitrogens with zero attached hydrogens (tertiary/aromatic N) is 4. The van der Waals surface area contributed by atoms with E-state index < -0.39 is 0 Å². The van der Waals surface area contributed by atoms with Gasteiger partial charge in [0.25, 0.3) is 0 Å². The summed E-state index contributed by atoms with van der Waals surface area (Å²) in [5.41, 5.74) is 6.35. The van der Waals surface area contributed by atoms with E-state index in [1.807, 2.05) is 19.1 Å². The van der Waals surface area contributed by atoms with Gasteiger partial charge in [-0.1, -0.05) is 12.7 Å². The number of hydrogen-bond donors (Lipinski definition) is 2. The molecule has 0 aliphatic carbocycles. The summed E-state index contributed by atoms with van der Waals surface area (Å²) in [6, 6.07) is 0. The van der Waals surface area contributed by atoms with Gasteiger partial charge < -0.3 is 5.73 Å². The van der Waals surface area contributed by atoms with Crippen molar-refractivity contribution in [2.24, 2.45) is 0 Å². The van der Waals surface area contributed by atoms with Crippen molar-refractivity contribution < 1.29 is 0 Å². The highest BCUT2D eigenvalue weighted by Gasteiger charge is 2.02. The van der Waals surface area contributed by atoms with Crippen LogP contribution in [0.15, 0.2) is 18.6 Å². The molecular formula is C11H12N6. The zero-order valence-corrected chi connectivity index (χ0v) is 9.38. The van der Waals surface area contributed by atoms with Crippen LogP contribution in [-0.4, -0.2) is 25.1 Å². The molecule has 0 bridgehead atoms. The lowest BCUT2D eigenvalue weighted by Crippen LogP contribution is -2.20. The number of rotatable bonds is 2. The molecule has 86 valence electrons. The number of allylic oxidation sites excluding steroid dienone is 2. The minimum Gasteiger partial charge on any atom is -0.368 e. The van der Waals surface area contributed by atoms with Crippen molar-refractivity contribution in [3.63, 3.8) is 0 Å². The molecule has 6 nitrogen and oxygen atoms in total. The summed E-state index contributed by atoms with van der Waals surface area (Å²) in [7, 11) is 0. The molecule has 2 aromatic rings. The predicted molar refractivity (Wildman–Crippen MR) is 65.7 cm³/mol. The predicted octanol–water partition coefficient (Wildman–Crippen LogP) is -0.529. The fourth-order valence-corrected chi connectivity index (χ4v) is 1.33. The van der Waals surface area contributed by atoms with E-state index in [0.717, 1.165) is 16.1 Å². The molecule has 0 atom stereocenters. The van der Waals surface area contributed by atoms with Gasteiger partial charge in [0.1, 0.15) is 6.33 Å². The third-order valence-corrected chi connectivity index (χ3v) is 2.21. The number of nitrogen functional groups attached to an aromatic ring is 1. The number of aromatic amines is 1. The second-order valence-electron chi connectivity index (χ2n) is 3.36. The van der Waals surface area contributed by atoms with Crippen molar-refractivity contribution in [1.29, 1.82) is 0 Å². The van der Waals surface area contributed by atoms with E-state index in [1.54, 1.807) is 6.20 Å². The highest BCUT2D eigenvalue weighted by Crippen LogP contribution is 2.09. The van der Waals surface area contributed by atoms with Crippen molar-refractivity contribution in [2.45, 2.75) is 6.92 Å². The summed E-state index contributed by atoms with van der Waals surface area (Å²) >= 11 is 0. The smallest absolute Gasteiger partial charge is 0.223 e. The molecule has 0 aromatic carbocycles. The van der Waals surface area contributed by atoms with Gasteiger partial charge in [-0.25, -0.2) is 9.97 Å². The summed E-state index contributed by atoms with van der Waals surface area (Å²) in [6.45, 7) is 5.74. The van der Waals surface area contributed by atoms with Crippen LogP contribution in [0.4, 0.5) is 5.95 Å². The monoisotopic (exact) mass is 228 g/mol. The molecule has 0 fully saturated rings. The van der Waals surface area contributed by atoms with Crippen LogP contribution in [0.1, 0.15) is 12.7 Å². The molecule has 0 saturated heterocycles. The minimum absolute atomic E-state index is 0.196. The van der Waals surface area contributed by atoms with E-state index in [-0.39, 0.29) is 5.95 Å². The molecule has 0 aliphatic rings. The Balaban J connectivity index is 2.51. The molecule has 0 saturated carbocycles. The highest BCUT2D eigenvalue weighted by molar-refractivity contribution is 5.84. The lowest BCUT2D eigenvalue weighted by Gasteiger charge is -1.99. The highest BCUT2D eigenvalue weighted by atomic mass is 15.1. The van der Waals surface area contributed by atoms with Gasteiger partial charge in [0.15, 0.2) is 5.82 Å². The summed E-state index contributed by atoms with van der Waals surface area (Å²) in [6.07, 6.45) is 6.78. The van der Waals surface area contributed by atoms with Crippen molar-refractivity contribution >= 4 is 24.2 Å². The second-order valence-corrected chi connectivity index (χ2v) is 3.36. The third kappa shape index (κ3) is 2.36. The summed E-state index contributed by atoms with van der Waals surface area (Å²) in [4.78, 5) is 11.9. The van der Waals surface area contributed by atoms with Gasteiger partial charge in [0.2, 0.25) is 5.95 Å². The molecule has 2 heterocycles. The third-order valence-electron chi connectivity index (χ3n) is 2.21. The second kappa shape index (κ2) is 4.56. The Hall–Kier alpha value is -2.50. The first-order valence-corrected chi connectivity index (χ1v) is 5.02. The van der Waals surface area contributed by atoms with E-state index in [4.69, 9.17) is 5.73 Å². The molecule has 0 unspecified atom stereocenters. The zero-order chi connectivity index (χ0) is 12.3. The molecular weight excluding hydrogens is 216 g/mol. The van der Waals surface area contributed by atoms with E-state index in [2.05, 4.69) is 31.7 Å². The molecule has 2 aromatic heterocycles. The van der Waals surface area contributed by atoms with Gasteiger partial charge in [0, 0.05) is 10.8 Å². The van der Waals surface area contributed by atoms with Crippen molar-refractivity contribution in [1.82, 2.24) is 25.1 Å². The molecule has 0 aliphatic heterocycles. The van der Waals surface area contributed by atoms with Gasteiger partial charge in [0.05, 0.1) is 11.5 Å². The fraction of sp³-hybridized carbons (Fsp3) is 0.0909. The van der Waals surface area contributed by atoms with Gasteiger partial charge in [-0.3, -0.25) is 5.10 Å². The summed E-state index contributed by atoms with van der Waals surface area (Å²) in [5.74, 6) is 0.719. The van der Waals surface area contributed by atoms with Crippen LogP contribution < -0.4 is 16.3 Å². The minimum atomic E-state index is 0.196. The number of nitrogens with two attached hydrogens (primary N) is 1. The Kier molecular flexibility index (Phi) is 2.95. The molecule has 6 heteroatoms. The normalized spacial score (nSPS) is 13.0. The summed E-state index contributed by atoms with van der Waals surface area (Å²) < 4.78 is 0. The zero-order valence-electron chi connectivity index (χ0n) is 9.38. The Morgan fingerprint density at radius 2 is 2.29 bits per heavy atom. The van der Waals surface area contributed by atoms with Gasteiger partial charge in [-0.05, 0) is 13.0 Å². The van der Waals surface area contributed by atoms with E-state index in [1.165, 1.54) is 6.33 Å². The Labute approximate surface area is 97.6 Å². The topological polar surface area (TPSA) is 93.4 Å². The fourth-order valence-electron chi connectivity index (χ4n) is 1.33. The first-order valence-electron chi connectivity index (χ1n) is 5.02. The average molecular weight is 228 g/mol. The molecule has 0 amide bonds. The lowest BCUT2D eigenvalue weighted by molar-refractivity contribution is 1.03. The van der Waals surface area contributed by atoms with E-state index in [0.29, 0.717) is 5.82 Å². The average Bonchev–Trinajstić information content (AvgIpc) is 2.71. The van der Waals surface area contributed by atoms with Crippen molar-refractivity contribution in [3.8, 4) is 0 Å². The van der Waals surface area contributed by atoms with Crippen LogP contribution in [0.5, 0.6) is 0 Å². The first kappa shape index (κ1) is 11.0. The van der Waals surface area contributed by atoms with E-state index in [9.17, 15) is 0 Å². The number of hydrogen-bond acceptors (Lipinski definition) is 5. The lowest BCUT2D eigenvalue weighted by atomic mass is 10.2. The van der Waals surface area contributed by atoms with Gasteiger partial charge in [-0.2, -0.15) is 10.1 Å². The maximum Gasteiger partial charge on any atom is 0.223 e. The van der Waals surface area contributed by atoms with Crippen LogP contribution in [0.25, 0.3) is 18.2 Å². The molecule has 0 spiro atoms. The van der Waals surface area contributed by atoms with Crippen LogP contribution >= 0.6 is 0 Å². The van der Waals surface area contributed by atoms with Crippen LogP contribution in [0.3, 0.4) is 0 Å². The molecule has 0 radical (unpaired) electrons.